The van der Waals surface area contributed by atoms with Gasteiger partial charge < -0.3 is 31.3 Å². The maximum absolute atomic E-state index is 11.1. The monoisotopic (exact) mass is 263 g/mol. The van der Waals surface area contributed by atoms with E-state index in [0.29, 0.717) is 0 Å². The summed E-state index contributed by atoms with van der Waals surface area (Å²) in [5, 5.41) is 21.1. The number of nitrogens with one attached hydrogen (secondary N) is 2. The number of hydrogen-bond acceptors (Lipinski definition) is 5. The summed E-state index contributed by atoms with van der Waals surface area (Å²) in [4.78, 5) is 42.2. The largest absolute Gasteiger partial charge is 0.481 e. The van der Waals surface area contributed by atoms with Crippen molar-refractivity contribution in [3.8, 4) is 0 Å². The molecule has 0 saturated heterocycles. The standard InChI is InChI=1S/C8H13N3O7/c9-7(16)18-2-1-10-8(17)11-4(6(14)15)3-5(12)13/h4H,1-3H2,(H2,9,16)(H,12,13)(H,14,15)(H2,10,11,17)/t4-/m1/s1. The molecule has 18 heavy (non-hydrogen) atoms. The number of urea groups is 1. The second-order valence-electron chi connectivity index (χ2n) is 3.06. The van der Waals surface area contributed by atoms with Crippen LogP contribution in [0.2, 0.25) is 0 Å². The van der Waals surface area contributed by atoms with Crippen LogP contribution in [0.1, 0.15) is 6.42 Å². The van der Waals surface area contributed by atoms with Crippen LogP contribution in [-0.2, 0) is 14.3 Å². The summed E-state index contributed by atoms with van der Waals surface area (Å²) >= 11 is 0. The van der Waals surface area contributed by atoms with E-state index in [9.17, 15) is 19.2 Å². The third kappa shape index (κ3) is 7.73. The Kier molecular flexibility index (Phi) is 6.63. The van der Waals surface area contributed by atoms with Gasteiger partial charge in [0.1, 0.15) is 12.6 Å². The second-order valence-corrected chi connectivity index (χ2v) is 3.06. The highest BCUT2D eigenvalue weighted by atomic mass is 16.5. The first-order chi connectivity index (χ1) is 8.32. The number of carboxylic acids is 2. The van der Waals surface area contributed by atoms with E-state index in [1.54, 1.807) is 0 Å². The number of rotatable bonds is 7. The molecule has 0 fully saturated rings. The Bertz CT molecular complexity index is 344. The van der Waals surface area contributed by atoms with Crippen LogP contribution in [0.4, 0.5) is 9.59 Å². The molecule has 0 aromatic rings. The minimum Gasteiger partial charge on any atom is -0.481 e. The van der Waals surface area contributed by atoms with Gasteiger partial charge in [0, 0.05) is 0 Å². The van der Waals surface area contributed by atoms with Gasteiger partial charge >= 0.3 is 24.1 Å². The predicted molar refractivity (Wildman–Crippen MR) is 55.7 cm³/mol. The van der Waals surface area contributed by atoms with Crippen LogP contribution in [0.5, 0.6) is 0 Å². The number of carbonyl (C=O) groups excluding carboxylic acids is 2. The molecule has 0 unspecified atom stereocenters. The maximum Gasteiger partial charge on any atom is 0.404 e. The van der Waals surface area contributed by atoms with E-state index in [2.05, 4.69) is 15.8 Å². The summed E-state index contributed by atoms with van der Waals surface area (Å²) in [5.74, 6) is -2.83. The number of amides is 3. The van der Waals surface area contributed by atoms with Crippen molar-refractivity contribution in [2.75, 3.05) is 13.2 Å². The summed E-state index contributed by atoms with van der Waals surface area (Å²) in [6.07, 6.45) is -1.76. The molecule has 1 atom stereocenters. The van der Waals surface area contributed by atoms with Gasteiger partial charge in [-0.2, -0.15) is 0 Å². The predicted octanol–water partition coefficient (Wildman–Crippen LogP) is -1.69. The molecule has 0 aromatic carbocycles. The van der Waals surface area contributed by atoms with Crippen LogP contribution in [0.15, 0.2) is 0 Å². The number of aliphatic carboxylic acids is 2. The lowest BCUT2D eigenvalue weighted by molar-refractivity contribution is -0.145. The smallest absolute Gasteiger partial charge is 0.404 e. The molecule has 0 radical (unpaired) electrons. The molecule has 0 aliphatic rings. The molecule has 10 heteroatoms. The highest BCUT2D eigenvalue weighted by Gasteiger charge is 2.22. The van der Waals surface area contributed by atoms with Gasteiger partial charge in [-0.25, -0.2) is 14.4 Å². The van der Waals surface area contributed by atoms with Crippen molar-refractivity contribution in [2.45, 2.75) is 12.5 Å². The second kappa shape index (κ2) is 7.70. The Labute approximate surface area is 101 Å². The van der Waals surface area contributed by atoms with E-state index in [4.69, 9.17) is 10.2 Å². The van der Waals surface area contributed by atoms with Crippen molar-refractivity contribution in [3.63, 3.8) is 0 Å². The molecule has 0 heterocycles. The fourth-order valence-electron chi connectivity index (χ4n) is 0.900. The molecule has 0 saturated carbocycles. The van der Waals surface area contributed by atoms with Gasteiger partial charge in [0.05, 0.1) is 13.0 Å². The molecule has 6 N–H and O–H groups in total. The van der Waals surface area contributed by atoms with Crippen molar-refractivity contribution < 1.29 is 34.1 Å². The SMILES string of the molecule is NC(=O)OCCNC(=O)N[C@H](CC(=O)O)C(=O)O. The molecule has 0 bridgehead atoms. The Morgan fingerprint density at radius 3 is 2.28 bits per heavy atom. The lowest BCUT2D eigenvalue weighted by Crippen LogP contribution is -2.47. The summed E-state index contributed by atoms with van der Waals surface area (Å²) in [6.45, 7) is -0.270. The minimum absolute atomic E-state index is 0.0891. The first-order valence-corrected chi connectivity index (χ1v) is 4.74. The number of carbonyl (C=O) groups is 4. The lowest BCUT2D eigenvalue weighted by Gasteiger charge is -2.13. The molecule has 0 aliphatic carbocycles. The summed E-state index contributed by atoms with van der Waals surface area (Å²) in [6, 6.07) is -2.43. The number of ether oxygens (including phenoxy) is 1. The first kappa shape index (κ1) is 15.5. The van der Waals surface area contributed by atoms with E-state index in [1.807, 2.05) is 5.32 Å². The highest BCUT2D eigenvalue weighted by Crippen LogP contribution is 1.92. The van der Waals surface area contributed by atoms with Crippen LogP contribution in [0.3, 0.4) is 0 Å². The zero-order valence-corrected chi connectivity index (χ0v) is 9.21. The average Bonchev–Trinajstić information content (AvgIpc) is 2.22. The molecular formula is C8H13N3O7. The van der Waals surface area contributed by atoms with E-state index < -0.39 is 36.5 Å². The van der Waals surface area contributed by atoms with Gasteiger partial charge in [-0.3, -0.25) is 4.79 Å². The topological polar surface area (TPSA) is 168 Å². The van der Waals surface area contributed by atoms with Crippen LogP contribution in [-0.4, -0.2) is 53.5 Å². The Morgan fingerprint density at radius 1 is 1.22 bits per heavy atom. The van der Waals surface area contributed by atoms with Gasteiger partial charge in [-0.1, -0.05) is 0 Å². The van der Waals surface area contributed by atoms with E-state index in [0.717, 1.165) is 0 Å². The molecule has 3 amide bonds. The van der Waals surface area contributed by atoms with Gasteiger partial charge in [-0.05, 0) is 0 Å². The fraction of sp³-hybridized carbons (Fsp3) is 0.500. The molecular weight excluding hydrogens is 250 g/mol. The van der Waals surface area contributed by atoms with Gasteiger partial charge in [0.25, 0.3) is 0 Å². The van der Waals surface area contributed by atoms with Crippen LogP contribution >= 0.6 is 0 Å². The Balaban J connectivity index is 3.99. The zero-order valence-electron chi connectivity index (χ0n) is 9.21. The third-order valence-electron chi connectivity index (χ3n) is 1.61. The van der Waals surface area contributed by atoms with Crippen LogP contribution < -0.4 is 16.4 Å². The van der Waals surface area contributed by atoms with Crippen molar-refractivity contribution in [3.05, 3.63) is 0 Å². The number of carboxylic acid groups (broad SMARTS) is 2. The zero-order chi connectivity index (χ0) is 14.1. The summed E-state index contributed by atoms with van der Waals surface area (Å²) in [5.41, 5.74) is 4.65. The van der Waals surface area contributed by atoms with Gasteiger partial charge in [0.15, 0.2) is 0 Å². The summed E-state index contributed by atoms with van der Waals surface area (Å²) < 4.78 is 4.30. The Morgan fingerprint density at radius 2 is 1.83 bits per heavy atom. The molecule has 0 aliphatic heterocycles. The first-order valence-electron chi connectivity index (χ1n) is 4.74. The molecule has 0 rings (SSSR count). The molecule has 0 spiro atoms. The fourth-order valence-corrected chi connectivity index (χ4v) is 0.900. The third-order valence-corrected chi connectivity index (χ3v) is 1.61. The van der Waals surface area contributed by atoms with E-state index in [-0.39, 0.29) is 13.2 Å². The van der Waals surface area contributed by atoms with Crippen LogP contribution in [0, 0.1) is 0 Å². The highest BCUT2D eigenvalue weighted by molar-refractivity contribution is 5.86. The van der Waals surface area contributed by atoms with Crippen molar-refractivity contribution in [1.82, 2.24) is 10.6 Å². The van der Waals surface area contributed by atoms with Crippen molar-refractivity contribution >= 4 is 24.1 Å². The maximum atomic E-state index is 11.1. The normalized spacial score (nSPS) is 11.1. The number of primary amides is 1. The molecule has 0 aromatic heterocycles. The van der Waals surface area contributed by atoms with E-state index in [1.165, 1.54) is 0 Å². The van der Waals surface area contributed by atoms with Crippen molar-refractivity contribution in [1.29, 1.82) is 0 Å². The van der Waals surface area contributed by atoms with Crippen LogP contribution in [0.25, 0.3) is 0 Å². The number of hydrogen-bond donors (Lipinski definition) is 5. The number of nitrogens with two attached hydrogens (primary N) is 1. The molecule has 10 nitrogen and oxygen atoms in total. The summed E-state index contributed by atoms with van der Waals surface area (Å²) in [7, 11) is 0. The van der Waals surface area contributed by atoms with Gasteiger partial charge in [-0.15, -0.1) is 0 Å². The van der Waals surface area contributed by atoms with Gasteiger partial charge in [0.2, 0.25) is 0 Å². The molecule has 102 valence electrons. The van der Waals surface area contributed by atoms with E-state index >= 15 is 0 Å². The Hall–Kier alpha value is -2.52. The quantitative estimate of drug-likeness (QED) is 0.341. The minimum atomic E-state index is -1.54. The lowest BCUT2D eigenvalue weighted by atomic mass is 10.2. The van der Waals surface area contributed by atoms with Crippen molar-refractivity contribution in [2.24, 2.45) is 5.73 Å². The average molecular weight is 263 g/mol.